The summed E-state index contributed by atoms with van der Waals surface area (Å²) in [4.78, 5) is 26.4. The number of hydrogen-bond donors (Lipinski definition) is 2. The van der Waals surface area contributed by atoms with Crippen molar-refractivity contribution in [1.82, 2.24) is 5.32 Å². The molecule has 9 heteroatoms. The minimum atomic E-state index is -3.80. The summed E-state index contributed by atoms with van der Waals surface area (Å²) >= 11 is 5.95. The number of rotatable bonds is 9. The highest BCUT2D eigenvalue weighted by Crippen LogP contribution is 2.26. The van der Waals surface area contributed by atoms with E-state index in [0.29, 0.717) is 16.4 Å². The van der Waals surface area contributed by atoms with Gasteiger partial charge in [-0.25, -0.2) is 8.42 Å². The van der Waals surface area contributed by atoms with Crippen LogP contribution in [0.5, 0.6) is 0 Å². The van der Waals surface area contributed by atoms with Crippen LogP contribution < -0.4 is 14.9 Å². The molecule has 0 aromatic heterocycles. The molecule has 2 N–H and O–H groups in total. The van der Waals surface area contributed by atoms with Crippen LogP contribution in [0.15, 0.2) is 78.9 Å². The summed E-state index contributed by atoms with van der Waals surface area (Å²) in [5.41, 5.74) is 1.83. The second-order valence-electron chi connectivity index (χ2n) is 8.10. The van der Waals surface area contributed by atoms with Crippen molar-refractivity contribution in [3.05, 3.63) is 95.0 Å². The Kier molecular flexibility index (Phi) is 8.53. The Hall–Kier alpha value is -3.36. The number of halogens is 1. The van der Waals surface area contributed by atoms with Crippen molar-refractivity contribution in [2.45, 2.75) is 32.4 Å². The number of amides is 2. The molecule has 0 aliphatic carbocycles. The molecular weight excluding hydrogens is 486 g/mol. The Morgan fingerprint density at radius 2 is 1.54 bits per heavy atom. The molecular formula is C26H28ClN3O4S. The Bertz CT molecular complexity index is 1280. The van der Waals surface area contributed by atoms with E-state index in [4.69, 9.17) is 11.6 Å². The van der Waals surface area contributed by atoms with E-state index in [1.165, 1.54) is 0 Å². The van der Waals surface area contributed by atoms with Crippen LogP contribution in [-0.2, 0) is 14.8 Å². The van der Waals surface area contributed by atoms with Gasteiger partial charge in [-0.1, -0.05) is 61.0 Å². The van der Waals surface area contributed by atoms with Gasteiger partial charge >= 0.3 is 0 Å². The zero-order valence-electron chi connectivity index (χ0n) is 19.7. The number of hydrogen-bond acceptors (Lipinski definition) is 4. The van der Waals surface area contributed by atoms with Gasteiger partial charge in [0.05, 0.1) is 29.2 Å². The fraction of sp³-hybridized carbons (Fsp3) is 0.231. The third-order valence-electron chi connectivity index (χ3n) is 5.49. The molecule has 0 bridgehead atoms. The monoisotopic (exact) mass is 513 g/mol. The van der Waals surface area contributed by atoms with Crippen molar-refractivity contribution in [1.29, 1.82) is 0 Å². The van der Waals surface area contributed by atoms with Crippen LogP contribution in [0, 0.1) is 0 Å². The van der Waals surface area contributed by atoms with Gasteiger partial charge in [0.2, 0.25) is 15.9 Å². The molecule has 0 spiro atoms. The molecule has 0 saturated carbocycles. The first kappa shape index (κ1) is 26.2. The summed E-state index contributed by atoms with van der Waals surface area (Å²) in [5, 5.41) is 6.14. The van der Waals surface area contributed by atoms with Crippen LogP contribution in [0.25, 0.3) is 0 Å². The summed E-state index contributed by atoms with van der Waals surface area (Å²) in [6, 6.07) is 21.1. The van der Waals surface area contributed by atoms with Gasteiger partial charge < -0.3 is 10.6 Å². The van der Waals surface area contributed by atoms with Gasteiger partial charge in [-0.15, -0.1) is 0 Å². The van der Waals surface area contributed by atoms with Gasteiger partial charge in [0, 0.05) is 5.02 Å². The molecule has 35 heavy (non-hydrogen) atoms. The van der Waals surface area contributed by atoms with E-state index in [-0.39, 0.29) is 23.9 Å². The van der Waals surface area contributed by atoms with Crippen molar-refractivity contribution in [3.63, 3.8) is 0 Å². The number of nitrogens with one attached hydrogen (secondary N) is 2. The second kappa shape index (κ2) is 11.4. The van der Waals surface area contributed by atoms with Gasteiger partial charge in [-0.2, -0.15) is 0 Å². The Morgan fingerprint density at radius 1 is 0.943 bits per heavy atom. The van der Waals surface area contributed by atoms with Crippen molar-refractivity contribution in [2.24, 2.45) is 0 Å². The summed E-state index contributed by atoms with van der Waals surface area (Å²) in [6.07, 6.45) is 1.25. The highest BCUT2D eigenvalue weighted by molar-refractivity contribution is 7.92. The molecule has 0 aliphatic heterocycles. The van der Waals surface area contributed by atoms with Gasteiger partial charge in [-0.05, 0) is 55.3 Å². The first-order valence-corrected chi connectivity index (χ1v) is 13.3. The average Bonchev–Trinajstić information content (AvgIpc) is 2.83. The second-order valence-corrected chi connectivity index (χ2v) is 10.4. The highest BCUT2D eigenvalue weighted by Gasteiger charge is 2.32. The molecule has 3 aromatic carbocycles. The van der Waals surface area contributed by atoms with E-state index in [2.05, 4.69) is 10.6 Å². The topological polar surface area (TPSA) is 95.6 Å². The summed E-state index contributed by atoms with van der Waals surface area (Å²) in [7, 11) is -3.80. The molecule has 0 fully saturated rings. The van der Waals surface area contributed by atoms with E-state index in [1.54, 1.807) is 55.5 Å². The molecule has 0 aliphatic rings. The minimum absolute atomic E-state index is 0.209. The summed E-state index contributed by atoms with van der Waals surface area (Å²) < 4.78 is 26.4. The predicted octanol–water partition coefficient (Wildman–Crippen LogP) is 5.01. The highest BCUT2D eigenvalue weighted by atomic mass is 35.5. The van der Waals surface area contributed by atoms with Crippen molar-refractivity contribution in [3.8, 4) is 0 Å². The van der Waals surface area contributed by atoms with Crippen molar-refractivity contribution < 1.29 is 18.0 Å². The van der Waals surface area contributed by atoms with Gasteiger partial charge in [0.1, 0.15) is 6.04 Å². The maximum Gasteiger partial charge on any atom is 0.253 e. The van der Waals surface area contributed by atoms with Crippen LogP contribution in [0.4, 0.5) is 11.4 Å². The molecule has 2 atom stereocenters. The number of anilines is 2. The van der Waals surface area contributed by atoms with Crippen LogP contribution >= 0.6 is 11.6 Å². The molecule has 3 aromatic rings. The van der Waals surface area contributed by atoms with E-state index >= 15 is 0 Å². The number of nitrogens with zero attached hydrogens (tertiary/aromatic N) is 1. The lowest BCUT2D eigenvalue weighted by molar-refractivity contribution is -0.117. The molecule has 7 nitrogen and oxygen atoms in total. The maximum atomic E-state index is 13.3. The Labute approximate surface area is 211 Å². The SMILES string of the molecule is CCC(C(=O)Nc1ccccc1C(=O)NC(C)c1ccccc1)N(c1ccc(Cl)cc1)S(C)(=O)=O. The molecule has 0 heterocycles. The van der Waals surface area contributed by atoms with Crippen LogP contribution in [0.3, 0.4) is 0 Å². The number of carbonyl (C=O) groups is 2. The largest absolute Gasteiger partial charge is 0.345 e. The first-order chi connectivity index (χ1) is 16.6. The number of para-hydroxylation sites is 1. The molecule has 184 valence electrons. The molecule has 2 amide bonds. The lowest BCUT2D eigenvalue weighted by Crippen LogP contribution is -2.47. The lowest BCUT2D eigenvalue weighted by atomic mass is 10.1. The molecule has 0 saturated heterocycles. The maximum absolute atomic E-state index is 13.3. The van der Waals surface area contributed by atoms with Gasteiger partial charge in [0.25, 0.3) is 5.91 Å². The fourth-order valence-corrected chi connectivity index (χ4v) is 5.09. The van der Waals surface area contributed by atoms with E-state index in [0.717, 1.165) is 16.1 Å². The smallest absolute Gasteiger partial charge is 0.253 e. The quantitative estimate of drug-likeness (QED) is 0.420. The first-order valence-electron chi connectivity index (χ1n) is 11.1. The minimum Gasteiger partial charge on any atom is -0.345 e. The fourth-order valence-electron chi connectivity index (χ4n) is 3.75. The number of carbonyl (C=O) groups excluding carboxylic acids is 2. The van der Waals surface area contributed by atoms with E-state index in [9.17, 15) is 18.0 Å². The summed E-state index contributed by atoms with van der Waals surface area (Å²) in [6.45, 7) is 3.59. The van der Waals surface area contributed by atoms with E-state index in [1.807, 2.05) is 37.3 Å². The van der Waals surface area contributed by atoms with Crippen LogP contribution in [-0.4, -0.2) is 32.5 Å². The normalized spacial score (nSPS) is 12.9. The lowest BCUT2D eigenvalue weighted by Gasteiger charge is -2.30. The van der Waals surface area contributed by atoms with Gasteiger partial charge in [-0.3, -0.25) is 13.9 Å². The summed E-state index contributed by atoms with van der Waals surface area (Å²) in [5.74, 6) is -0.910. The number of sulfonamides is 1. The molecule has 2 unspecified atom stereocenters. The third kappa shape index (κ3) is 6.61. The number of benzene rings is 3. The van der Waals surface area contributed by atoms with Crippen LogP contribution in [0.1, 0.15) is 42.2 Å². The van der Waals surface area contributed by atoms with Crippen molar-refractivity contribution >= 4 is 44.8 Å². The average molecular weight is 514 g/mol. The van der Waals surface area contributed by atoms with Crippen molar-refractivity contribution in [2.75, 3.05) is 15.9 Å². The predicted molar refractivity (Wildman–Crippen MR) is 140 cm³/mol. The zero-order valence-corrected chi connectivity index (χ0v) is 21.3. The zero-order chi connectivity index (χ0) is 25.6. The molecule has 0 radical (unpaired) electrons. The van der Waals surface area contributed by atoms with Crippen LogP contribution in [0.2, 0.25) is 5.02 Å². The third-order valence-corrected chi connectivity index (χ3v) is 6.92. The standard InChI is InChI=1S/C26H28ClN3O4S/c1-4-24(30(35(3,33)34)21-16-14-20(27)15-17-21)26(32)29-23-13-9-8-12-22(23)25(31)28-18(2)19-10-6-5-7-11-19/h5-18,24H,4H2,1-3H3,(H,28,31)(H,29,32). The van der Waals surface area contributed by atoms with E-state index < -0.39 is 22.0 Å². The Balaban J connectivity index is 1.85. The Morgan fingerprint density at radius 3 is 2.14 bits per heavy atom. The van der Waals surface area contributed by atoms with Gasteiger partial charge in [0.15, 0.2) is 0 Å². The molecule has 3 rings (SSSR count).